The first-order valence-corrected chi connectivity index (χ1v) is 11.1. The number of nitrogens with zero attached hydrogens (tertiary/aromatic N) is 4. The van der Waals surface area contributed by atoms with Crippen LogP contribution in [0, 0.1) is 5.92 Å². The summed E-state index contributed by atoms with van der Waals surface area (Å²) in [7, 11) is 0. The highest BCUT2D eigenvalue weighted by atomic mass is 16.5. The van der Waals surface area contributed by atoms with Gasteiger partial charge in [-0.1, -0.05) is 19.3 Å². The Morgan fingerprint density at radius 1 is 1.04 bits per heavy atom. The zero-order valence-electron chi connectivity index (χ0n) is 16.6. The largest absolute Gasteiger partial charge is 0.381 e. The number of hydrogen-bond donors (Lipinski definition) is 1. The Labute approximate surface area is 167 Å². The maximum atomic E-state index is 5.56. The summed E-state index contributed by atoms with van der Waals surface area (Å²) in [5.41, 5.74) is 3.55. The number of aromatic nitrogens is 4. The number of anilines is 1. The topological polar surface area (TPSA) is 64.9 Å². The maximum Gasteiger partial charge on any atom is 0.223 e. The van der Waals surface area contributed by atoms with E-state index >= 15 is 0 Å². The lowest BCUT2D eigenvalue weighted by Crippen LogP contribution is -2.23. The van der Waals surface area contributed by atoms with Crippen LogP contribution < -0.4 is 5.32 Å². The highest BCUT2D eigenvalue weighted by Crippen LogP contribution is 2.37. The molecule has 0 amide bonds. The van der Waals surface area contributed by atoms with Crippen LogP contribution in [0.4, 0.5) is 5.95 Å². The Bertz CT molecular complexity index is 788. The predicted octanol–water partition coefficient (Wildman–Crippen LogP) is 4.39. The second-order valence-corrected chi connectivity index (χ2v) is 8.69. The van der Waals surface area contributed by atoms with Gasteiger partial charge >= 0.3 is 0 Å². The standard InChI is InChI=1S/C22H31N5O/c1-2-4-17(5-3-1)25-22-23-11-8-20(26-22)19-15-24-27(18-9-12-28-13-10-18)21(19)14-16-6-7-16/h8,11,15-18H,1-7,9-10,12-14H2,(H,23,25,26). The molecule has 2 saturated carbocycles. The van der Waals surface area contributed by atoms with E-state index in [-0.39, 0.29) is 0 Å². The molecule has 28 heavy (non-hydrogen) atoms. The molecule has 2 aromatic rings. The SMILES string of the molecule is c1cc(-c2cnn(C3CCOCC3)c2CC2CC2)nc(NC2CCCCC2)n1. The van der Waals surface area contributed by atoms with E-state index in [9.17, 15) is 0 Å². The Balaban J connectivity index is 1.41. The molecule has 6 nitrogen and oxygen atoms in total. The molecule has 3 aliphatic rings. The molecule has 0 unspecified atom stereocenters. The van der Waals surface area contributed by atoms with Gasteiger partial charge in [0.1, 0.15) is 0 Å². The van der Waals surface area contributed by atoms with Gasteiger partial charge in [-0.3, -0.25) is 4.68 Å². The van der Waals surface area contributed by atoms with Crippen molar-refractivity contribution in [3.05, 3.63) is 24.2 Å². The van der Waals surface area contributed by atoms with Gasteiger partial charge in [0.15, 0.2) is 0 Å². The molecule has 0 radical (unpaired) electrons. The Hall–Kier alpha value is -1.95. The molecule has 0 atom stereocenters. The lowest BCUT2D eigenvalue weighted by atomic mass is 9.96. The van der Waals surface area contributed by atoms with Crippen molar-refractivity contribution < 1.29 is 4.74 Å². The molecule has 1 aliphatic heterocycles. The normalized spacial score (nSPS) is 21.7. The highest BCUT2D eigenvalue weighted by molar-refractivity contribution is 5.62. The Morgan fingerprint density at radius 2 is 1.86 bits per heavy atom. The Morgan fingerprint density at radius 3 is 2.64 bits per heavy atom. The summed E-state index contributed by atoms with van der Waals surface area (Å²) in [5.74, 6) is 1.58. The number of rotatable bonds is 6. The molecular formula is C22H31N5O. The highest BCUT2D eigenvalue weighted by Gasteiger charge is 2.28. The van der Waals surface area contributed by atoms with Crippen LogP contribution in [0.15, 0.2) is 18.5 Å². The van der Waals surface area contributed by atoms with E-state index in [1.54, 1.807) is 0 Å². The third-order valence-electron chi connectivity index (χ3n) is 6.48. The predicted molar refractivity (Wildman–Crippen MR) is 109 cm³/mol. The maximum absolute atomic E-state index is 5.56. The van der Waals surface area contributed by atoms with E-state index in [0.717, 1.165) is 50.0 Å². The van der Waals surface area contributed by atoms with Crippen LogP contribution in [0.3, 0.4) is 0 Å². The molecule has 2 aromatic heterocycles. The van der Waals surface area contributed by atoms with Gasteiger partial charge in [-0.15, -0.1) is 0 Å². The molecule has 1 N–H and O–H groups in total. The van der Waals surface area contributed by atoms with Crippen LogP contribution in [0.5, 0.6) is 0 Å². The summed E-state index contributed by atoms with van der Waals surface area (Å²) in [6.45, 7) is 1.68. The molecule has 3 heterocycles. The molecule has 150 valence electrons. The number of ether oxygens (including phenoxy) is 1. The van der Waals surface area contributed by atoms with E-state index in [0.29, 0.717) is 12.1 Å². The second-order valence-electron chi connectivity index (χ2n) is 8.69. The zero-order chi connectivity index (χ0) is 18.8. The van der Waals surface area contributed by atoms with Crippen molar-refractivity contribution in [2.45, 2.75) is 76.3 Å². The van der Waals surface area contributed by atoms with Gasteiger partial charge in [-0.2, -0.15) is 5.10 Å². The fourth-order valence-corrected chi connectivity index (χ4v) is 4.65. The Kier molecular flexibility index (Phi) is 5.30. The van der Waals surface area contributed by atoms with Gasteiger partial charge in [0.05, 0.1) is 17.9 Å². The van der Waals surface area contributed by atoms with Crippen molar-refractivity contribution >= 4 is 5.95 Å². The fourth-order valence-electron chi connectivity index (χ4n) is 4.65. The summed E-state index contributed by atoms with van der Waals surface area (Å²) >= 11 is 0. The number of nitrogens with one attached hydrogen (secondary N) is 1. The summed E-state index contributed by atoms with van der Waals surface area (Å²) in [5, 5.41) is 8.39. The van der Waals surface area contributed by atoms with Crippen LogP contribution in [-0.4, -0.2) is 39.0 Å². The summed E-state index contributed by atoms with van der Waals surface area (Å²) in [6.07, 6.45) is 16.2. The monoisotopic (exact) mass is 381 g/mol. The van der Waals surface area contributed by atoms with E-state index in [1.807, 2.05) is 18.5 Å². The molecule has 0 aromatic carbocycles. The van der Waals surface area contributed by atoms with Crippen molar-refractivity contribution in [3.8, 4) is 11.3 Å². The van der Waals surface area contributed by atoms with Crippen LogP contribution in [0.25, 0.3) is 11.3 Å². The lowest BCUT2D eigenvalue weighted by Gasteiger charge is -2.24. The average Bonchev–Trinajstić information content (AvgIpc) is 3.47. The molecule has 6 heteroatoms. The summed E-state index contributed by atoms with van der Waals surface area (Å²) in [4.78, 5) is 9.38. The van der Waals surface area contributed by atoms with Crippen molar-refractivity contribution in [2.75, 3.05) is 18.5 Å². The van der Waals surface area contributed by atoms with Gasteiger partial charge in [0.25, 0.3) is 0 Å². The first kappa shape index (κ1) is 18.1. The average molecular weight is 382 g/mol. The first-order valence-electron chi connectivity index (χ1n) is 11.1. The van der Waals surface area contributed by atoms with E-state index in [2.05, 4.69) is 15.0 Å². The van der Waals surface area contributed by atoms with Crippen LogP contribution in [0.1, 0.15) is 69.5 Å². The van der Waals surface area contributed by atoms with Crippen LogP contribution >= 0.6 is 0 Å². The van der Waals surface area contributed by atoms with Crippen LogP contribution in [-0.2, 0) is 11.2 Å². The van der Waals surface area contributed by atoms with Crippen molar-refractivity contribution in [3.63, 3.8) is 0 Å². The van der Waals surface area contributed by atoms with E-state index in [1.165, 1.54) is 56.2 Å². The van der Waals surface area contributed by atoms with Crippen LogP contribution in [0.2, 0.25) is 0 Å². The molecule has 1 saturated heterocycles. The number of hydrogen-bond acceptors (Lipinski definition) is 5. The smallest absolute Gasteiger partial charge is 0.223 e. The van der Waals surface area contributed by atoms with Crippen molar-refractivity contribution in [1.82, 2.24) is 19.7 Å². The third kappa shape index (κ3) is 4.07. The molecule has 2 aliphatic carbocycles. The third-order valence-corrected chi connectivity index (χ3v) is 6.48. The van der Waals surface area contributed by atoms with Crippen molar-refractivity contribution in [2.24, 2.45) is 5.92 Å². The second kappa shape index (κ2) is 8.19. The van der Waals surface area contributed by atoms with E-state index < -0.39 is 0 Å². The van der Waals surface area contributed by atoms with Gasteiger partial charge in [0.2, 0.25) is 5.95 Å². The molecular weight excluding hydrogens is 350 g/mol. The van der Waals surface area contributed by atoms with Gasteiger partial charge in [-0.25, -0.2) is 9.97 Å². The zero-order valence-corrected chi connectivity index (χ0v) is 16.6. The summed E-state index contributed by atoms with van der Waals surface area (Å²) < 4.78 is 7.85. The van der Waals surface area contributed by atoms with Gasteiger partial charge in [0, 0.05) is 36.7 Å². The minimum absolute atomic E-state index is 0.456. The van der Waals surface area contributed by atoms with Crippen molar-refractivity contribution in [1.29, 1.82) is 0 Å². The molecule has 0 spiro atoms. The minimum atomic E-state index is 0.456. The molecule has 3 fully saturated rings. The molecule has 0 bridgehead atoms. The first-order chi connectivity index (χ1) is 13.9. The van der Waals surface area contributed by atoms with Gasteiger partial charge < -0.3 is 10.1 Å². The quantitative estimate of drug-likeness (QED) is 0.804. The summed E-state index contributed by atoms with van der Waals surface area (Å²) in [6, 6.07) is 3.01. The molecule has 5 rings (SSSR count). The fraction of sp³-hybridized carbons (Fsp3) is 0.682. The minimum Gasteiger partial charge on any atom is -0.381 e. The lowest BCUT2D eigenvalue weighted by molar-refractivity contribution is 0.0654. The van der Waals surface area contributed by atoms with Gasteiger partial charge in [-0.05, 0) is 56.9 Å². The van der Waals surface area contributed by atoms with E-state index in [4.69, 9.17) is 14.8 Å².